The second kappa shape index (κ2) is 3.86. The molecule has 1 rings (SSSR count). The Balaban J connectivity index is 2.93. The zero-order valence-electron chi connectivity index (χ0n) is 6.27. The van der Waals surface area contributed by atoms with Gasteiger partial charge in [-0.25, -0.2) is 4.79 Å². The quantitative estimate of drug-likeness (QED) is 0.541. The van der Waals surface area contributed by atoms with Gasteiger partial charge >= 0.3 is 5.97 Å². The van der Waals surface area contributed by atoms with Crippen LogP contribution >= 0.6 is 11.9 Å². The van der Waals surface area contributed by atoms with E-state index in [4.69, 9.17) is 11.9 Å². The van der Waals surface area contributed by atoms with Crippen LogP contribution in [0.2, 0.25) is 0 Å². The first-order valence-electron chi connectivity index (χ1n) is 3.22. The highest BCUT2D eigenvalue weighted by Crippen LogP contribution is 2.12. The molecule has 0 heterocycles. The van der Waals surface area contributed by atoms with E-state index < -0.39 is 10.9 Å². The Labute approximate surface area is 78.2 Å². The fraction of sp³-hybridized carbons (Fsp3) is 0. The summed E-state index contributed by atoms with van der Waals surface area (Å²) in [5, 5.41) is 10.2. The van der Waals surface area contributed by atoms with Crippen LogP contribution in [0.3, 0.4) is 0 Å². The molecule has 0 bridgehead atoms. The minimum atomic E-state index is -0.739. The number of rotatable bonds is 2. The summed E-state index contributed by atoms with van der Waals surface area (Å²) in [7, 11) is 0. The first-order valence-corrected chi connectivity index (χ1v) is 3.53. The van der Waals surface area contributed by atoms with Crippen LogP contribution in [0.1, 0.15) is 10.4 Å². The van der Waals surface area contributed by atoms with Crippen molar-refractivity contribution >= 4 is 23.5 Å². The zero-order chi connectivity index (χ0) is 9.84. The van der Waals surface area contributed by atoms with Crippen LogP contribution < -0.4 is 0 Å². The molecular formula is C7H4ClNO4. The van der Waals surface area contributed by atoms with Crippen molar-refractivity contribution in [2.24, 2.45) is 0 Å². The van der Waals surface area contributed by atoms with Gasteiger partial charge in [0.2, 0.25) is 0 Å². The van der Waals surface area contributed by atoms with Crippen LogP contribution in [0.25, 0.3) is 0 Å². The number of halogens is 1. The number of nitro groups is 1. The van der Waals surface area contributed by atoms with E-state index in [1.165, 1.54) is 24.3 Å². The average Bonchev–Trinajstić information content (AvgIpc) is 2.17. The Morgan fingerprint density at radius 1 is 1.38 bits per heavy atom. The Morgan fingerprint density at radius 2 is 1.92 bits per heavy atom. The van der Waals surface area contributed by atoms with Crippen molar-refractivity contribution in [1.29, 1.82) is 0 Å². The van der Waals surface area contributed by atoms with Crippen LogP contribution in [0.5, 0.6) is 0 Å². The average molecular weight is 202 g/mol. The van der Waals surface area contributed by atoms with E-state index in [0.717, 1.165) is 0 Å². The molecule has 0 spiro atoms. The number of hydrogen-bond donors (Lipinski definition) is 0. The Morgan fingerprint density at radius 3 is 2.31 bits per heavy atom. The highest BCUT2D eigenvalue weighted by atomic mass is 35.5. The summed E-state index contributed by atoms with van der Waals surface area (Å²) in [6.07, 6.45) is 0. The molecule has 0 saturated heterocycles. The molecule has 0 fully saturated rings. The molecule has 0 atom stereocenters. The minimum Gasteiger partial charge on any atom is -0.343 e. The summed E-state index contributed by atoms with van der Waals surface area (Å²) in [4.78, 5) is 20.4. The van der Waals surface area contributed by atoms with Crippen LogP contribution in [0.4, 0.5) is 5.69 Å². The maximum absolute atomic E-state index is 10.8. The van der Waals surface area contributed by atoms with Crippen molar-refractivity contribution in [3.63, 3.8) is 0 Å². The van der Waals surface area contributed by atoms with Crippen LogP contribution in [-0.4, -0.2) is 10.9 Å². The molecular weight excluding hydrogens is 198 g/mol. The van der Waals surface area contributed by atoms with Gasteiger partial charge in [-0.05, 0) is 12.1 Å². The maximum atomic E-state index is 10.8. The van der Waals surface area contributed by atoms with Gasteiger partial charge in [0.15, 0.2) is 0 Å². The number of nitro benzene ring substituents is 1. The number of carbonyl (C=O) groups is 1. The van der Waals surface area contributed by atoms with Gasteiger partial charge < -0.3 is 4.29 Å². The third kappa shape index (κ3) is 2.16. The Bertz CT molecular complexity index is 335. The molecule has 13 heavy (non-hydrogen) atoms. The summed E-state index contributed by atoms with van der Waals surface area (Å²) in [6.45, 7) is 0. The predicted octanol–water partition coefficient (Wildman–Crippen LogP) is 1.91. The predicted molar refractivity (Wildman–Crippen MR) is 44.4 cm³/mol. The van der Waals surface area contributed by atoms with E-state index in [1.807, 2.05) is 0 Å². The molecule has 0 amide bonds. The minimum absolute atomic E-state index is 0.0916. The van der Waals surface area contributed by atoms with E-state index in [9.17, 15) is 14.9 Å². The van der Waals surface area contributed by atoms with Crippen molar-refractivity contribution in [2.45, 2.75) is 0 Å². The second-order valence-corrected chi connectivity index (χ2v) is 2.32. The molecule has 0 aliphatic heterocycles. The number of benzene rings is 1. The van der Waals surface area contributed by atoms with Crippen LogP contribution in [-0.2, 0) is 4.29 Å². The molecule has 6 heteroatoms. The third-order valence-electron chi connectivity index (χ3n) is 1.38. The SMILES string of the molecule is O=C(OCl)c1ccc([N+](=O)[O-])cc1. The lowest BCUT2D eigenvalue weighted by Gasteiger charge is -1.94. The molecule has 0 N–H and O–H groups in total. The summed E-state index contributed by atoms with van der Waals surface area (Å²) >= 11 is 4.81. The summed E-state index contributed by atoms with van der Waals surface area (Å²) in [5.74, 6) is -0.739. The van der Waals surface area contributed by atoms with Crippen molar-refractivity contribution in [3.8, 4) is 0 Å². The van der Waals surface area contributed by atoms with Crippen LogP contribution in [0.15, 0.2) is 24.3 Å². The second-order valence-electron chi connectivity index (χ2n) is 2.17. The topological polar surface area (TPSA) is 69.4 Å². The fourth-order valence-electron chi connectivity index (χ4n) is 0.764. The normalized spacial score (nSPS) is 9.31. The number of carbonyl (C=O) groups excluding carboxylic acids is 1. The van der Waals surface area contributed by atoms with Crippen molar-refractivity contribution < 1.29 is 14.0 Å². The first-order chi connectivity index (χ1) is 6.15. The van der Waals surface area contributed by atoms with Crippen molar-refractivity contribution in [3.05, 3.63) is 39.9 Å². The molecule has 0 saturated carbocycles. The van der Waals surface area contributed by atoms with E-state index in [0.29, 0.717) is 0 Å². The first kappa shape index (κ1) is 9.47. The Hall–Kier alpha value is -1.62. The number of nitrogens with zero attached hydrogens (tertiary/aromatic N) is 1. The van der Waals surface area contributed by atoms with Gasteiger partial charge in [-0.1, -0.05) is 0 Å². The molecule has 0 unspecified atom stereocenters. The van der Waals surface area contributed by atoms with E-state index in [2.05, 4.69) is 4.29 Å². The van der Waals surface area contributed by atoms with Crippen LogP contribution in [0, 0.1) is 10.1 Å². The summed E-state index contributed by atoms with van der Waals surface area (Å²) in [5.41, 5.74) is 0.0757. The van der Waals surface area contributed by atoms with Gasteiger partial charge in [-0.3, -0.25) is 10.1 Å². The van der Waals surface area contributed by atoms with Gasteiger partial charge in [0, 0.05) is 12.1 Å². The zero-order valence-corrected chi connectivity index (χ0v) is 7.02. The lowest BCUT2D eigenvalue weighted by atomic mass is 10.2. The molecule has 0 radical (unpaired) electrons. The van der Waals surface area contributed by atoms with E-state index >= 15 is 0 Å². The maximum Gasteiger partial charge on any atom is 0.356 e. The molecule has 68 valence electrons. The molecule has 1 aromatic carbocycles. The van der Waals surface area contributed by atoms with E-state index in [-0.39, 0.29) is 11.3 Å². The molecule has 0 aliphatic rings. The molecule has 1 aromatic rings. The largest absolute Gasteiger partial charge is 0.356 e. The molecule has 5 nitrogen and oxygen atoms in total. The van der Waals surface area contributed by atoms with Gasteiger partial charge in [0.1, 0.15) is 11.9 Å². The molecule has 0 aromatic heterocycles. The fourth-order valence-corrected chi connectivity index (χ4v) is 0.853. The highest BCUT2D eigenvalue weighted by Gasteiger charge is 2.09. The van der Waals surface area contributed by atoms with Gasteiger partial charge in [-0.2, -0.15) is 0 Å². The van der Waals surface area contributed by atoms with Gasteiger partial charge in [0.05, 0.1) is 10.5 Å². The lowest BCUT2D eigenvalue weighted by Crippen LogP contribution is -1.97. The van der Waals surface area contributed by atoms with Crippen molar-refractivity contribution in [2.75, 3.05) is 0 Å². The standard InChI is InChI=1S/C7H4ClNO4/c8-13-7(10)5-1-3-6(4-2-5)9(11)12/h1-4H. The lowest BCUT2D eigenvalue weighted by molar-refractivity contribution is -0.384. The Kier molecular flexibility index (Phi) is 2.81. The number of hydrogen-bond acceptors (Lipinski definition) is 4. The van der Waals surface area contributed by atoms with E-state index in [1.54, 1.807) is 0 Å². The van der Waals surface area contributed by atoms with Gasteiger partial charge in [-0.15, -0.1) is 0 Å². The molecule has 0 aliphatic carbocycles. The summed E-state index contributed by atoms with van der Waals surface area (Å²) < 4.78 is 3.90. The smallest absolute Gasteiger partial charge is 0.343 e. The summed E-state index contributed by atoms with van der Waals surface area (Å²) in [6, 6.07) is 4.93. The monoisotopic (exact) mass is 201 g/mol. The van der Waals surface area contributed by atoms with Crippen molar-refractivity contribution in [1.82, 2.24) is 0 Å². The third-order valence-corrected chi connectivity index (χ3v) is 1.52. The highest BCUT2D eigenvalue weighted by molar-refractivity contribution is 6.15. The number of non-ortho nitro benzene ring substituents is 1. The van der Waals surface area contributed by atoms with Gasteiger partial charge in [0.25, 0.3) is 5.69 Å².